The molecule has 0 aromatic heterocycles. The fourth-order valence-corrected chi connectivity index (χ4v) is 2.35. The highest BCUT2D eigenvalue weighted by Crippen LogP contribution is 2.31. The van der Waals surface area contributed by atoms with Crippen LogP contribution in [0.2, 0.25) is 0 Å². The summed E-state index contributed by atoms with van der Waals surface area (Å²) in [7, 11) is 3.09. The van der Waals surface area contributed by atoms with Gasteiger partial charge in [-0.05, 0) is 63.5 Å². The van der Waals surface area contributed by atoms with Crippen LogP contribution < -0.4 is 9.47 Å². The Morgan fingerprint density at radius 2 is 1.86 bits per heavy atom. The highest BCUT2D eigenvalue weighted by atomic mass is 79.9. The molecular weight excluding hydrogens is 349 g/mol. The predicted molar refractivity (Wildman–Crippen MR) is 87.1 cm³/mol. The first kappa shape index (κ1) is 16.1. The molecule has 0 saturated carbocycles. The summed E-state index contributed by atoms with van der Waals surface area (Å²) in [5.74, 6) is 0.788. The van der Waals surface area contributed by atoms with E-state index in [1.54, 1.807) is 43.5 Å². The molecule has 0 bridgehead atoms. The van der Waals surface area contributed by atoms with Crippen molar-refractivity contribution in [2.45, 2.75) is 0 Å². The zero-order valence-electron chi connectivity index (χ0n) is 12.1. The lowest BCUT2D eigenvalue weighted by atomic mass is 10.0. The first-order valence-electron chi connectivity index (χ1n) is 6.38. The summed E-state index contributed by atoms with van der Waals surface area (Å²) in [5, 5.41) is 9.38. The second-order valence-corrected chi connectivity index (χ2v) is 5.27. The number of hydrogen-bond acceptors (Lipinski definition) is 3. The van der Waals surface area contributed by atoms with Crippen LogP contribution in [0.4, 0.5) is 4.39 Å². The van der Waals surface area contributed by atoms with Gasteiger partial charge >= 0.3 is 0 Å². The molecule has 0 saturated heterocycles. The molecule has 0 aliphatic heterocycles. The van der Waals surface area contributed by atoms with E-state index in [0.717, 1.165) is 5.56 Å². The van der Waals surface area contributed by atoms with Gasteiger partial charge in [-0.2, -0.15) is 5.26 Å². The molecule has 2 rings (SSSR count). The van der Waals surface area contributed by atoms with Crippen molar-refractivity contribution in [3.63, 3.8) is 0 Å². The van der Waals surface area contributed by atoms with Gasteiger partial charge in [-0.1, -0.05) is 6.07 Å². The van der Waals surface area contributed by atoms with Gasteiger partial charge in [-0.15, -0.1) is 0 Å². The van der Waals surface area contributed by atoms with E-state index in [0.29, 0.717) is 27.1 Å². The molecule has 0 radical (unpaired) electrons. The third-order valence-corrected chi connectivity index (χ3v) is 3.68. The molecule has 0 aliphatic rings. The molecule has 0 heterocycles. The topological polar surface area (TPSA) is 42.2 Å². The maximum absolute atomic E-state index is 13.3. The van der Waals surface area contributed by atoms with Gasteiger partial charge in [0.05, 0.1) is 30.3 Å². The molecule has 2 aromatic rings. The maximum Gasteiger partial charge on any atom is 0.161 e. The van der Waals surface area contributed by atoms with Crippen LogP contribution in [0.25, 0.3) is 11.6 Å². The van der Waals surface area contributed by atoms with Gasteiger partial charge < -0.3 is 9.47 Å². The van der Waals surface area contributed by atoms with Crippen LogP contribution >= 0.6 is 15.9 Å². The molecule has 0 unspecified atom stereocenters. The van der Waals surface area contributed by atoms with Crippen molar-refractivity contribution < 1.29 is 13.9 Å². The number of rotatable bonds is 4. The van der Waals surface area contributed by atoms with Gasteiger partial charge in [0.15, 0.2) is 11.5 Å². The van der Waals surface area contributed by atoms with Crippen molar-refractivity contribution in [2.75, 3.05) is 14.2 Å². The first-order chi connectivity index (χ1) is 10.6. The lowest BCUT2D eigenvalue weighted by molar-refractivity contribution is 0.355. The average molecular weight is 362 g/mol. The summed E-state index contributed by atoms with van der Waals surface area (Å²) >= 11 is 3.13. The fourth-order valence-electron chi connectivity index (χ4n) is 1.95. The van der Waals surface area contributed by atoms with Crippen LogP contribution in [0.15, 0.2) is 40.9 Å². The van der Waals surface area contributed by atoms with E-state index in [2.05, 4.69) is 22.0 Å². The fraction of sp³-hybridized carbons (Fsp3) is 0.118. The Balaban J connectivity index is 2.45. The van der Waals surface area contributed by atoms with Gasteiger partial charge in [0, 0.05) is 0 Å². The van der Waals surface area contributed by atoms with Gasteiger partial charge in [-0.3, -0.25) is 0 Å². The lowest BCUT2D eigenvalue weighted by Gasteiger charge is -2.09. The van der Waals surface area contributed by atoms with E-state index in [-0.39, 0.29) is 5.82 Å². The Hall–Kier alpha value is -2.32. The predicted octanol–water partition coefficient (Wildman–Crippen LogP) is 4.67. The third kappa shape index (κ3) is 3.46. The van der Waals surface area contributed by atoms with E-state index < -0.39 is 0 Å². The van der Waals surface area contributed by atoms with Gasteiger partial charge in [-0.25, -0.2) is 4.39 Å². The van der Waals surface area contributed by atoms with Crippen molar-refractivity contribution in [3.05, 3.63) is 57.8 Å². The summed E-state index contributed by atoms with van der Waals surface area (Å²) in [4.78, 5) is 0. The van der Waals surface area contributed by atoms with E-state index in [4.69, 9.17) is 9.47 Å². The molecule has 0 spiro atoms. The number of hydrogen-bond donors (Lipinski definition) is 0. The van der Waals surface area contributed by atoms with Gasteiger partial charge in [0.2, 0.25) is 0 Å². The van der Waals surface area contributed by atoms with Crippen LogP contribution in [-0.2, 0) is 0 Å². The molecule has 3 nitrogen and oxygen atoms in total. The largest absolute Gasteiger partial charge is 0.493 e. The van der Waals surface area contributed by atoms with E-state index in [1.165, 1.54) is 13.2 Å². The monoisotopic (exact) mass is 361 g/mol. The molecule has 0 N–H and O–H groups in total. The lowest BCUT2D eigenvalue weighted by Crippen LogP contribution is -1.92. The van der Waals surface area contributed by atoms with Crippen LogP contribution in [0.1, 0.15) is 11.1 Å². The molecule has 0 fully saturated rings. The highest BCUT2D eigenvalue weighted by molar-refractivity contribution is 9.10. The number of methoxy groups -OCH3 is 2. The number of halogens is 2. The Labute approximate surface area is 136 Å². The molecule has 5 heteroatoms. The summed E-state index contributed by atoms with van der Waals surface area (Å²) in [5.41, 5.74) is 1.86. The first-order valence-corrected chi connectivity index (χ1v) is 7.17. The van der Waals surface area contributed by atoms with Crippen molar-refractivity contribution in [1.29, 1.82) is 5.26 Å². The zero-order chi connectivity index (χ0) is 16.1. The average Bonchev–Trinajstić information content (AvgIpc) is 2.55. The van der Waals surface area contributed by atoms with E-state index in [1.807, 2.05) is 0 Å². The second kappa shape index (κ2) is 7.10. The van der Waals surface area contributed by atoms with Crippen LogP contribution in [0, 0.1) is 17.1 Å². The Morgan fingerprint density at radius 3 is 2.45 bits per heavy atom. The molecule has 2 aromatic carbocycles. The number of benzene rings is 2. The number of ether oxygens (including phenoxy) is 2. The number of nitriles is 1. The van der Waals surface area contributed by atoms with E-state index >= 15 is 0 Å². The van der Waals surface area contributed by atoms with Crippen LogP contribution in [-0.4, -0.2) is 14.2 Å². The summed E-state index contributed by atoms with van der Waals surface area (Å²) in [6.07, 6.45) is 1.69. The summed E-state index contributed by atoms with van der Waals surface area (Å²) in [6, 6.07) is 12.0. The Bertz CT molecular complexity index is 766. The summed E-state index contributed by atoms with van der Waals surface area (Å²) < 4.78 is 24.0. The van der Waals surface area contributed by atoms with Crippen molar-refractivity contribution in [2.24, 2.45) is 0 Å². The maximum atomic E-state index is 13.3. The van der Waals surface area contributed by atoms with Crippen LogP contribution in [0.5, 0.6) is 11.5 Å². The smallest absolute Gasteiger partial charge is 0.161 e. The minimum Gasteiger partial charge on any atom is -0.493 e. The standard InChI is InChI=1S/C17H13BrFNO2/c1-21-16-6-4-12(9-17(16)22-2)13(10-20)7-11-3-5-15(19)14(18)8-11/h3-9H,1-2H3. The normalized spacial score (nSPS) is 11.0. The molecule has 22 heavy (non-hydrogen) atoms. The number of nitrogens with zero attached hydrogens (tertiary/aromatic N) is 1. The number of allylic oxidation sites excluding steroid dienone is 1. The SMILES string of the molecule is COc1ccc(C(C#N)=Cc2ccc(F)c(Br)c2)cc1OC. The Kier molecular flexibility index (Phi) is 5.18. The van der Waals surface area contributed by atoms with Crippen molar-refractivity contribution >= 4 is 27.6 Å². The van der Waals surface area contributed by atoms with Crippen molar-refractivity contribution in [1.82, 2.24) is 0 Å². The second-order valence-electron chi connectivity index (χ2n) is 4.41. The van der Waals surface area contributed by atoms with Crippen LogP contribution in [0.3, 0.4) is 0 Å². The third-order valence-electron chi connectivity index (χ3n) is 3.07. The minimum absolute atomic E-state index is 0.346. The molecule has 0 atom stereocenters. The highest BCUT2D eigenvalue weighted by Gasteiger charge is 2.08. The summed E-state index contributed by atoms with van der Waals surface area (Å²) in [6.45, 7) is 0. The Morgan fingerprint density at radius 1 is 1.14 bits per heavy atom. The molecular formula is C17H13BrFNO2. The minimum atomic E-state index is -0.346. The van der Waals surface area contributed by atoms with Gasteiger partial charge in [0.1, 0.15) is 5.82 Å². The zero-order valence-corrected chi connectivity index (χ0v) is 13.6. The quantitative estimate of drug-likeness (QED) is 0.586. The molecule has 0 aliphatic carbocycles. The van der Waals surface area contributed by atoms with Crippen molar-refractivity contribution in [3.8, 4) is 17.6 Å². The molecule has 0 amide bonds. The van der Waals surface area contributed by atoms with E-state index in [9.17, 15) is 9.65 Å². The van der Waals surface area contributed by atoms with Gasteiger partial charge in [0.25, 0.3) is 0 Å². The molecule has 112 valence electrons.